The van der Waals surface area contributed by atoms with Crippen LogP contribution in [0.5, 0.6) is 0 Å². The summed E-state index contributed by atoms with van der Waals surface area (Å²) in [7, 11) is 0. The van der Waals surface area contributed by atoms with E-state index in [0.29, 0.717) is 5.92 Å². The van der Waals surface area contributed by atoms with E-state index in [4.69, 9.17) is 0 Å². The number of nitrogens with one attached hydrogen (secondary N) is 1. The third-order valence-corrected chi connectivity index (χ3v) is 4.86. The summed E-state index contributed by atoms with van der Waals surface area (Å²) in [6.45, 7) is 1.63. The van der Waals surface area contributed by atoms with Gasteiger partial charge in [-0.2, -0.15) is 0 Å². The Morgan fingerprint density at radius 3 is 2.88 bits per heavy atom. The van der Waals surface area contributed by atoms with Crippen LogP contribution in [0.25, 0.3) is 10.8 Å². The van der Waals surface area contributed by atoms with Crippen LogP contribution in [0.15, 0.2) is 67.0 Å². The van der Waals surface area contributed by atoms with Crippen molar-refractivity contribution in [1.82, 2.24) is 9.88 Å². The molecule has 1 aliphatic rings. The molecule has 3 aromatic rings. The van der Waals surface area contributed by atoms with Gasteiger partial charge in [0.05, 0.1) is 5.69 Å². The van der Waals surface area contributed by atoms with Crippen molar-refractivity contribution in [2.75, 3.05) is 18.4 Å². The second-order valence-electron chi connectivity index (χ2n) is 6.62. The second-order valence-corrected chi connectivity index (χ2v) is 6.62. The van der Waals surface area contributed by atoms with Crippen molar-refractivity contribution in [3.63, 3.8) is 0 Å². The van der Waals surface area contributed by atoms with Crippen molar-refractivity contribution in [2.45, 2.75) is 12.8 Å². The number of fused-ring (bicyclic) bond motifs is 1. The first kappa shape index (κ1) is 15.6. The van der Waals surface area contributed by atoms with Crippen LogP contribution in [0, 0.1) is 5.92 Å². The number of urea groups is 1. The fraction of sp³-hybridized carbons (Fsp3) is 0.238. The van der Waals surface area contributed by atoms with Crippen LogP contribution in [0.3, 0.4) is 0 Å². The Labute approximate surface area is 147 Å². The molecule has 2 amide bonds. The largest absolute Gasteiger partial charge is 0.324 e. The van der Waals surface area contributed by atoms with Crippen LogP contribution >= 0.6 is 0 Å². The highest BCUT2D eigenvalue weighted by molar-refractivity contribution is 6.01. The Bertz CT molecular complexity index is 873. The molecule has 1 aromatic heterocycles. The van der Waals surface area contributed by atoms with Gasteiger partial charge in [-0.25, -0.2) is 4.79 Å². The van der Waals surface area contributed by atoms with E-state index in [1.807, 2.05) is 41.4 Å². The molecule has 1 unspecified atom stereocenters. The Morgan fingerprint density at radius 1 is 1.12 bits per heavy atom. The van der Waals surface area contributed by atoms with Crippen LogP contribution in [-0.4, -0.2) is 29.0 Å². The molecular weight excluding hydrogens is 310 g/mol. The van der Waals surface area contributed by atoms with Crippen LogP contribution in [0.4, 0.5) is 10.5 Å². The zero-order valence-electron chi connectivity index (χ0n) is 14.1. The summed E-state index contributed by atoms with van der Waals surface area (Å²) in [5.74, 6) is 0.532. The number of benzene rings is 2. The summed E-state index contributed by atoms with van der Waals surface area (Å²) in [6.07, 6.45) is 5.66. The molecule has 4 nitrogen and oxygen atoms in total. The van der Waals surface area contributed by atoms with E-state index in [1.54, 1.807) is 6.20 Å². The molecule has 0 spiro atoms. The number of aromatic nitrogens is 1. The van der Waals surface area contributed by atoms with E-state index in [2.05, 4.69) is 34.6 Å². The van der Waals surface area contributed by atoms with E-state index in [9.17, 15) is 4.79 Å². The molecule has 1 saturated heterocycles. The molecule has 0 radical (unpaired) electrons. The predicted octanol–water partition coefficient (Wildman–Crippen LogP) is 4.33. The quantitative estimate of drug-likeness (QED) is 0.776. The maximum Gasteiger partial charge on any atom is 0.321 e. The number of likely N-dealkylation sites (tertiary alicyclic amines) is 1. The lowest BCUT2D eigenvalue weighted by Gasteiger charge is -2.18. The van der Waals surface area contributed by atoms with Gasteiger partial charge in [0, 0.05) is 36.3 Å². The fourth-order valence-electron chi connectivity index (χ4n) is 3.56. The smallest absolute Gasteiger partial charge is 0.321 e. The second kappa shape index (κ2) is 6.93. The van der Waals surface area contributed by atoms with Gasteiger partial charge in [0.25, 0.3) is 0 Å². The van der Waals surface area contributed by atoms with Crippen LogP contribution in [0.1, 0.15) is 12.0 Å². The number of amides is 2. The molecule has 1 atom stereocenters. The zero-order chi connectivity index (χ0) is 17.1. The molecule has 0 bridgehead atoms. The average Bonchev–Trinajstić information content (AvgIpc) is 3.11. The van der Waals surface area contributed by atoms with Crippen molar-refractivity contribution in [3.8, 4) is 0 Å². The molecule has 126 valence electrons. The summed E-state index contributed by atoms with van der Waals surface area (Å²) < 4.78 is 0. The first-order chi connectivity index (χ1) is 12.3. The van der Waals surface area contributed by atoms with E-state index in [1.165, 1.54) is 5.56 Å². The molecule has 0 aliphatic carbocycles. The molecule has 1 aliphatic heterocycles. The first-order valence-corrected chi connectivity index (χ1v) is 8.72. The van der Waals surface area contributed by atoms with Crippen LogP contribution < -0.4 is 5.32 Å². The number of hydrogen-bond acceptors (Lipinski definition) is 2. The highest BCUT2D eigenvalue weighted by Gasteiger charge is 2.26. The van der Waals surface area contributed by atoms with Gasteiger partial charge in [0.2, 0.25) is 0 Å². The van der Waals surface area contributed by atoms with Gasteiger partial charge in [-0.3, -0.25) is 4.98 Å². The predicted molar refractivity (Wildman–Crippen MR) is 101 cm³/mol. The molecule has 2 heterocycles. The van der Waals surface area contributed by atoms with Gasteiger partial charge in [-0.05, 0) is 36.5 Å². The average molecular weight is 331 g/mol. The van der Waals surface area contributed by atoms with Crippen LogP contribution in [-0.2, 0) is 6.42 Å². The van der Waals surface area contributed by atoms with Crippen molar-refractivity contribution in [1.29, 1.82) is 0 Å². The molecule has 2 aromatic carbocycles. The minimum atomic E-state index is -0.0140. The van der Waals surface area contributed by atoms with E-state index in [-0.39, 0.29) is 6.03 Å². The number of hydrogen-bond donors (Lipinski definition) is 1. The molecular formula is C21H21N3O. The number of anilines is 1. The third kappa shape index (κ3) is 3.48. The standard InChI is InChI=1S/C21H21N3O/c25-21(23-20-8-4-7-18-14-22-11-9-19(18)20)24-12-10-17(15-24)13-16-5-2-1-3-6-16/h1-9,11,14,17H,10,12-13,15H2,(H,23,25). The normalized spacial score (nSPS) is 17.0. The molecule has 4 rings (SSSR count). The fourth-order valence-corrected chi connectivity index (χ4v) is 3.56. The van der Waals surface area contributed by atoms with Gasteiger partial charge in [-0.15, -0.1) is 0 Å². The van der Waals surface area contributed by atoms with Crippen molar-refractivity contribution >= 4 is 22.5 Å². The summed E-state index contributed by atoms with van der Waals surface area (Å²) in [5, 5.41) is 5.12. The first-order valence-electron chi connectivity index (χ1n) is 8.72. The Hall–Kier alpha value is -2.88. The third-order valence-electron chi connectivity index (χ3n) is 4.86. The summed E-state index contributed by atoms with van der Waals surface area (Å²) in [6, 6.07) is 18.3. The van der Waals surface area contributed by atoms with E-state index < -0.39 is 0 Å². The molecule has 25 heavy (non-hydrogen) atoms. The van der Waals surface area contributed by atoms with E-state index in [0.717, 1.165) is 42.4 Å². The number of pyridine rings is 1. The SMILES string of the molecule is O=C(Nc1cccc2cnccc12)N1CCC(Cc2ccccc2)C1. The summed E-state index contributed by atoms with van der Waals surface area (Å²) in [4.78, 5) is 18.7. The highest BCUT2D eigenvalue weighted by atomic mass is 16.2. The highest BCUT2D eigenvalue weighted by Crippen LogP contribution is 2.25. The van der Waals surface area contributed by atoms with Gasteiger partial charge < -0.3 is 10.2 Å². The zero-order valence-corrected chi connectivity index (χ0v) is 14.1. The number of nitrogens with zero attached hydrogens (tertiary/aromatic N) is 2. The molecule has 0 saturated carbocycles. The van der Waals surface area contributed by atoms with Gasteiger partial charge in [0.1, 0.15) is 0 Å². The number of rotatable bonds is 3. The maximum atomic E-state index is 12.7. The minimum absolute atomic E-state index is 0.0140. The van der Waals surface area contributed by atoms with E-state index >= 15 is 0 Å². The Kier molecular flexibility index (Phi) is 4.34. The van der Waals surface area contributed by atoms with Crippen molar-refractivity contribution in [3.05, 3.63) is 72.6 Å². The monoisotopic (exact) mass is 331 g/mol. The lowest BCUT2D eigenvalue weighted by Crippen LogP contribution is -2.33. The Balaban J connectivity index is 1.42. The molecule has 1 N–H and O–H groups in total. The lowest BCUT2D eigenvalue weighted by atomic mass is 9.99. The minimum Gasteiger partial charge on any atom is -0.324 e. The van der Waals surface area contributed by atoms with Gasteiger partial charge in [0.15, 0.2) is 0 Å². The van der Waals surface area contributed by atoms with Gasteiger partial charge >= 0.3 is 6.03 Å². The number of carbonyl (C=O) groups excluding carboxylic acids is 1. The maximum absolute atomic E-state index is 12.7. The molecule has 4 heteroatoms. The Morgan fingerprint density at radius 2 is 2.00 bits per heavy atom. The summed E-state index contributed by atoms with van der Waals surface area (Å²) in [5.41, 5.74) is 2.19. The lowest BCUT2D eigenvalue weighted by molar-refractivity contribution is 0.221. The topological polar surface area (TPSA) is 45.2 Å². The number of carbonyl (C=O) groups is 1. The molecule has 1 fully saturated rings. The van der Waals surface area contributed by atoms with Gasteiger partial charge in [-0.1, -0.05) is 42.5 Å². The van der Waals surface area contributed by atoms with Crippen molar-refractivity contribution < 1.29 is 4.79 Å². The summed E-state index contributed by atoms with van der Waals surface area (Å²) >= 11 is 0. The van der Waals surface area contributed by atoms with Crippen LogP contribution in [0.2, 0.25) is 0 Å². The van der Waals surface area contributed by atoms with Crippen molar-refractivity contribution in [2.24, 2.45) is 5.92 Å².